The van der Waals surface area contributed by atoms with Crippen molar-refractivity contribution in [3.63, 3.8) is 0 Å². The van der Waals surface area contributed by atoms with Gasteiger partial charge in [-0.2, -0.15) is 0 Å². The van der Waals surface area contributed by atoms with Crippen molar-refractivity contribution in [2.24, 2.45) is 0 Å². The number of hydrogen-bond donors (Lipinski definition) is 0. The van der Waals surface area contributed by atoms with Crippen molar-refractivity contribution < 1.29 is 13.9 Å². The molecule has 0 amide bonds. The van der Waals surface area contributed by atoms with Gasteiger partial charge in [-0.15, -0.1) is 0 Å². The summed E-state index contributed by atoms with van der Waals surface area (Å²) < 4.78 is 18.0. The topological polar surface area (TPSA) is 26.3 Å². The fraction of sp³-hybridized carbons (Fsp3) is 0.100. The lowest BCUT2D eigenvalue weighted by atomic mass is 10.2. The number of halogens is 1. The Bertz CT molecular complexity index is 332. The number of allylic oxidation sites excluding steroid dienone is 1. The van der Waals surface area contributed by atoms with E-state index in [1.165, 1.54) is 25.3 Å². The highest BCUT2D eigenvalue weighted by molar-refractivity contribution is 5.75. The molecule has 0 saturated heterocycles. The van der Waals surface area contributed by atoms with Crippen LogP contribution in [0, 0.1) is 5.82 Å². The average molecular weight is 180 g/mol. The molecule has 1 aromatic rings. The van der Waals surface area contributed by atoms with Gasteiger partial charge in [-0.1, -0.05) is 6.07 Å². The van der Waals surface area contributed by atoms with Gasteiger partial charge < -0.3 is 4.74 Å². The molecule has 2 nitrogen and oxygen atoms in total. The van der Waals surface area contributed by atoms with Crippen LogP contribution in [0.5, 0.6) is 5.75 Å². The Labute approximate surface area is 75.6 Å². The smallest absolute Gasteiger partial charge is 0.142 e. The van der Waals surface area contributed by atoms with Gasteiger partial charge in [-0.3, -0.25) is 4.79 Å². The van der Waals surface area contributed by atoms with E-state index in [2.05, 4.69) is 0 Å². The molecule has 1 rings (SSSR count). The predicted octanol–water partition coefficient (Wildman–Crippen LogP) is 2.05. The van der Waals surface area contributed by atoms with E-state index in [0.717, 1.165) is 0 Å². The van der Waals surface area contributed by atoms with E-state index in [-0.39, 0.29) is 5.56 Å². The Kier molecular flexibility index (Phi) is 3.20. The molecule has 0 heterocycles. The van der Waals surface area contributed by atoms with Gasteiger partial charge in [0.1, 0.15) is 17.9 Å². The summed E-state index contributed by atoms with van der Waals surface area (Å²) >= 11 is 0. The molecular weight excluding hydrogens is 171 g/mol. The SMILES string of the molecule is COc1cccc(F)c1/C=C/C=O. The Morgan fingerprint density at radius 1 is 1.46 bits per heavy atom. The summed E-state index contributed by atoms with van der Waals surface area (Å²) in [6.45, 7) is 0. The van der Waals surface area contributed by atoms with Crippen LogP contribution < -0.4 is 4.74 Å². The van der Waals surface area contributed by atoms with Crippen LogP contribution in [0.25, 0.3) is 6.08 Å². The maximum absolute atomic E-state index is 13.1. The molecule has 0 bridgehead atoms. The molecule has 1 aromatic carbocycles. The average Bonchev–Trinajstić information content (AvgIpc) is 2.15. The third-order valence-corrected chi connectivity index (χ3v) is 1.57. The van der Waals surface area contributed by atoms with Crippen LogP contribution in [0.4, 0.5) is 4.39 Å². The molecule has 0 radical (unpaired) electrons. The van der Waals surface area contributed by atoms with E-state index in [1.807, 2.05) is 0 Å². The van der Waals surface area contributed by atoms with Gasteiger partial charge in [-0.05, 0) is 24.3 Å². The third kappa shape index (κ3) is 2.15. The van der Waals surface area contributed by atoms with Crippen LogP contribution in [0.2, 0.25) is 0 Å². The summed E-state index contributed by atoms with van der Waals surface area (Å²) in [6, 6.07) is 4.49. The van der Waals surface area contributed by atoms with Crippen LogP contribution >= 0.6 is 0 Å². The van der Waals surface area contributed by atoms with Gasteiger partial charge in [-0.25, -0.2) is 4.39 Å². The standard InChI is InChI=1S/C10H9FO2/c1-13-10-6-2-5-9(11)8(10)4-3-7-12/h2-7H,1H3/b4-3+. The van der Waals surface area contributed by atoms with Crippen molar-refractivity contribution in [1.82, 2.24) is 0 Å². The fourth-order valence-corrected chi connectivity index (χ4v) is 0.992. The molecule has 0 saturated carbocycles. The lowest BCUT2D eigenvalue weighted by molar-refractivity contribution is -0.104. The summed E-state index contributed by atoms with van der Waals surface area (Å²) in [7, 11) is 1.45. The summed E-state index contributed by atoms with van der Waals surface area (Å²) in [4.78, 5) is 10.0. The lowest BCUT2D eigenvalue weighted by Gasteiger charge is -2.04. The van der Waals surface area contributed by atoms with Gasteiger partial charge in [0.15, 0.2) is 0 Å². The van der Waals surface area contributed by atoms with E-state index in [9.17, 15) is 9.18 Å². The number of methoxy groups -OCH3 is 1. The van der Waals surface area contributed by atoms with Crippen molar-refractivity contribution in [2.45, 2.75) is 0 Å². The van der Waals surface area contributed by atoms with Gasteiger partial charge >= 0.3 is 0 Å². The van der Waals surface area contributed by atoms with Crippen LogP contribution in [-0.4, -0.2) is 13.4 Å². The van der Waals surface area contributed by atoms with Crippen LogP contribution in [-0.2, 0) is 4.79 Å². The summed E-state index contributed by atoms with van der Waals surface area (Å²) in [5, 5.41) is 0. The van der Waals surface area contributed by atoms with E-state index < -0.39 is 5.82 Å². The molecule has 13 heavy (non-hydrogen) atoms. The largest absolute Gasteiger partial charge is 0.496 e. The number of carbonyl (C=O) groups is 1. The van der Waals surface area contributed by atoms with Crippen LogP contribution in [0.3, 0.4) is 0 Å². The zero-order valence-electron chi connectivity index (χ0n) is 7.16. The van der Waals surface area contributed by atoms with Crippen molar-refractivity contribution in [2.75, 3.05) is 7.11 Å². The van der Waals surface area contributed by atoms with Gasteiger partial charge in [0.2, 0.25) is 0 Å². The van der Waals surface area contributed by atoms with E-state index in [0.29, 0.717) is 12.0 Å². The monoisotopic (exact) mass is 180 g/mol. The molecule has 0 aliphatic heterocycles. The first-order valence-electron chi connectivity index (χ1n) is 3.74. The van der Waals surface area contributed by atoms with Crippen LogP contribution in [0.15, 0.2) is 24.3 Å². The van der Waals surface area contributed by atoms with Gasteiger partial charge in [0.05, 0.1) is 12.7 Å². The first-order chi connectivity index (χ1) is 6.29. The second-order valence-electron chi connectivity index (χ2n) is 2.35. The van der Waals surface area contributed by atoms with E-state index >= 15 is 0 Å². The Morgan fingerprint density at radius 3 is 2.85 bits per heavy atom. The van der Waals surface area contributed by atoms with E-state index in [4.69, 9.17) is 4.74 Å². The zero-order chi connectivity index (χ0) is 9.68. The molecule has 68 valence electrons. The molecule has 0 N–H and O–H groups in total. The molecule has 0 aliphatic carbocycles. The molecule has 0 spiro atoms. The lowest BCUT2D eigenvalue weighted by Crippen LogP contribution is -1.89. The van der Waals surface area contributed by atoms with Gasteiger partial charge in [0.25, 0.3) is 0 Å². The Morgan fingerprint density at radius 2 is 2.23 bits per heavy atom. The van der Waals surface area contributed by atoms with Crippen molar-refractivity contribution in [1.29, 1.82) is 0 Å². The predicted molar refractivity (Wildman–Crippen MR) is 48.1 cm³/mol. The number of aldehydes is 1. The highest BCUT2D eigenvalue weighted by atomic mass is 19.1. The first-order valence-corrected chi connectivity index (χ1v) is 3.74. The summed E-state index contributed by atoms with van der Waals surface area (Å²) in [6.07, 6.45) is 3.19. The van der Waals surface area contributed by atoms with Crippen molar-refractivity contribution in [3.8, 4) is 5.75 Å². The van der Waals surface area contributed by atoms with Crippen molar-refractivity contribution >= 4 is 12.4 Å². The van der Waals surface area contributed by atoms with Crippen molar-refractivity contribution in [3.05, 3.63) is 35.7 Å². The second kappa shape index (κ2) is 4.40. The maximum Gasteiger partial charge on any atom is 0.142 e. The molecular formula is C10H9FO2. The quantitative estimate of drug-likeness (QED) is 0.525. The minimum Gasteiger partial charge on any atom is -0.496 e. The molecule has 0 aromatic heterocycles. The first kappa shape index (κ1) is 9.45. The van der Waals surface area contributed by atoms with E-state index in [1.54, 1.807) is 12.1 Å². The molecule has 0 atom stereocenters. The molecule has 0 unspecified atom stereocenters. The molecule has 0 fully saturated rings. The minimum absolute atomic E-state index is 0.289. The zero-order valence-corrected chi connectivity index (χ0v) is 7.16. The van der Waals surface area contributed by atoms with Crippen LogP contribution in [0.1, 0.15) is 5.56 Å². The summed E-state index contributed by atoms with van der Waals surface area (Å²) in [5.41, 5.74) is 0.289. The number of ether oxygens (including phenoxy) is 1. The number of rotatable bonds is 3. The maximum atomic E-state index is 13.1. The fourth-order valence-electron chi connectivity index (χ4n) is 0.992. The minimum atomic E-state index is -0.405. The summed E-state index contributed by atoms with van der Waals surface area (Å²) in [5.74, 6) is 0.00977. The Hall–Kier alpha value is -1.64. The van der Waals surface area contributed by atoms with Gasteiger partial charge in [0, 0.05) is 0 Å². The number of hydrogen-bond acceptors (Lipinski definition) is 2. The number of benzene rings is 1. The normalized spacial score (nSPS) is 10.3. The second-order valence-corrected chi connectivity index (χ2v) is 2.35. The Balaban J connectivity index is 3.14. The highest BCUT2D eigenvalue weighted by Gasteiger charge is 2.04. The third-order valence-electron chi connectivity index (χ3n) is 1.57. The molecule has 3 heteroatoms. The molecule has 0 aliphatic rings. The number of carbonyl (C=O) groups excluding carboxylic acids is 1. The highest BCUT2D eigenvalue weighted by Crippen LogP contribution is 2.21.